The molecule has 0 spiro atoms. The van der Waals surface area contributed by atoms with Crippen molar-refractivity contribution in [3.05, 3.63) is 17.3 Å². The summed E-state index contributed by atoms with van der Waals surface area (Å²) in [5, 5.41) is 3.63. The van der Waals surface area contributed by atoms with Gasteiger partial charge in [-0.2, -0.15) is 0 Å². The molecule has 0 amide bonds. The van der Waals surface area contributed by atoms with Crippen LogP contribution in [-0.4, -0.2) is 36.1 Å². The van der Waals surface area contributed by atoms with Crippen LogP contribution in [0.25, 0.3) is 0 Å². The molecule has 1 aromatic heterocycles. The summed E-state index contributed by atoms with van der Waals surface area (Å²) >= 11 is 5.79. The average Bonchev–Trinajstić information content (AvgIpc) is 2.22. The zero-order valence-electron chi connectivity index (χ0n) is 10.00. The van der Waals surface area contributed by atoms with Crippen molar-refractivity contribution in [3.8, 4) is 0 Å². The molecule has 0 aliphatic carbocycles. The van der Waals surface area contributed by atoms with Gasteiger partial charge in [-0.25, -0.2) is 4.98 Å². The van der Waals surface area contributed by atoms with Gasteiger partial charge in [-0.15, -0.1) is 0 Å². The Bertz CT molecular complexity index is 341. The van der Waals surface area contributed by atoms with E-state index in [2.05, 4.69) is 36.1 Å². The maximum absolute atomic E-state index is 5.79. The molecule has 0 bridgehead atoms. The lowest BCUT2D eigenvalue weighted by Gasteiger charge is -2.21. The first-order chi connectivity index (χ1) is 7.50. The maximum Gasteiger partial charge on any atom is 0.151 e. The lowest BCUT2D eigenvalue weighted by Crippen LogP contribution is -2.31. The number of hydrogen-bond acceptors (Lipinski definition) is 4. The number of hydrogen-bond donors (Lipinski definition) is 2. The minimum Gasteiger partial charge on any atom is -0.396 e. The number of pyridine rings is 1. The van der Waals surface area contributed by atoms with Crippen molar-refractivity contribution in [2.24, 2.45) is 0 Å². The van der Waals surface area contributed by atoms with E-state index in [1.807, 2.05) is 0 Å². The number of nitrogens with two attached hydrogens (primary N) is 1. The second-order valence-corrected chi connectivity index (χ2v) is 4.46. The molecule has 0 aliphatic rings. The van der Waals surface area contributed by atoms with Gasteiger partial charge in [0.05, 0.1) is 5.69 Å². The summed E-state index contributed by atoms with van der Waals surface area (Å²) in [6.45, 7) is 6.05. The van der Waals surface area contributed by atoms with E-state index in [-0.39, 0.29) is 0 Å². The fraction of sp³-hybridized carbons (Fsp3) is 0.545. The van der Waals surface area contributed by atoms with Gasteiger partial charge in [0, 0.05) is 19.1 Å². The van der Waals surface area contributed by atoms with Crippen LogP contribution < -0.4 is 11.1 Å². The molecule has 3 N–H and O–H groups in total. The summed E-state index contributed by atoms with van der Waals surface area (Å²) in [5.41, 5.74) is 6.39. The minimum atomic E-state index is 0.453. The van der Waals surface area contributed by atoms with E-state index in [0.717, 1.165) is 13.1 Å². The molecule has 1 rings (SSSR count). The Hall–Kier alpha value is -1.00. The Balaban J connectivity index is 2.45. The standard InChI is InChI=1S/C11H19ClN4/c1-8(2)16(3)7-6-14-11-9(13)4-5-10(12)15-11/h4-5,8H,6-7,13H2,1-3H3,(H,14,15). The van der Waals surface area contributed by atoms with Gasteiger partial charge in [-0.05, 0) is 33.0 Å². The fourth-order valence-corrected chi connectivity index (χ4v) is 1.34. The van der Waals surface area contributed by atoms with Crippen LogP contribution in [0.1, 0.15) is 13.8 Å². The number of nitrogen functional groups attached to an aromatic ring is 1. The highest BCUT2D eigenvalue weighted by atomic mass is 35.5. The van der Waals surface area contributed by atoms with Crippen molar-refractivity contribution in [3.63, 3.8) is 0 Å². The molecule has 4 nitrogen and oxygen atoms in total. The van der Waals surface area contributed by atoms with Crippen LogP contribution in [0.4, 0.5) is 11.5 Å². The highest BCUT2D eigenvalue weighted by Gasteiger charge is 2.04. The molecule has 0 atom stereocenters. The number of rotatable bonds is 5. The first-order valence-corrected chi connectivity index (χ1v) is 5.74. The molecular weight excluding hydrogens is 224 g/mol. The Morgan fingerprint density at radius 2 is 2.19 bits per heavy atom. The largest absolute Gasteiger partial charge is 0.396 e. The van der Waals surface area contributed by atoms with Crippen LogP contribution in [0.5, 0.6) is 0 Å². The summed E-state index contributed by atoms with van der Waals surface area (Å²) in [5.74, 6) is 0.657. The Morgan fingerprint density at radius 3 is 2.81 bits per heavy atom. The molecule has 0 fully saturated rings. The van der Waals surface area contributed by atoms with Gasteiger partial charge in [-0.1, -0.05) is 11.6 Å². The van der Waals surface area contributed by atoms with Gasteiger partial charge in [0.25, 0.3) is 0 Å². The normalized spacial score (nSPS) is 11.1. The number of anilines is 2. The number of nitrogens with zero attached hydrogens (tertiary/aromatic N) is 2. The first-order valence-electron chi connectivity index (χ1n) is 5.37. The van der Waals surface area contributed by atoms with Crippen LogP contribution in [0, 0.1) is 0 Å². The monoisotopic (exact) mass is 242 g/mol. The lowest BCUT2D eigenvalue weighted by atomic mass is 10.3. The molecule has 0 aliphatic heterocycles. The van der Waals surface area contributed by atoms with Crippen molar-refractivity contribution in [1.29, 1.82) is 0 Å². The van der Waals surface area contributed by atoms with E-state index in [9.17, 15) is 0 Å². The number of aromatic nitrogens is 1. The predicted molar refractivity (Wildman–Crippen MR) is 69.9 cm³/mol. The highest BCUT2D eigenvalue weighted by Crippen LogP contribution is 2.17. The van der Waals surface area contributed by atoms with Crippen molar-refractivity contribution in [1.82, 2.24) is 9.88 Å². The van der Waals surface area contributed by atoms with Gasteiger partial charge in [0.15, 0.2) is 5.82 Å². The zero-order valence-corrected chi connectivity index (χ0v) is 10.8. The van der Waals surface area contributed by atoms with Crippen molar-refractivity contribution in [2.45, 2.75) is 19.9 Å². The predicted octanol–water partition coefficient (Wildman–Crippen LogP) is 2.07. The van der Waals surface area contributed by atoms with Crippen LogP contribution >= 0.6 is 11.6 Å². The van der Waals surface area contributed by atoms with Crippen molar-refractivity contribution < 1.29 is 0 Å². The minimum absolute atomic E-state index is 0.453. The molecular formula is C11H19ClN4. The van der Waals surface area contributed by atoms with E-state index in [1.165, 1.54) is 0 Å². The summed E-state index contributed by atoms with van der Waals surface area (Å²) < 4.78 is 0. The van der Waals surface area contributed by atoms with E-state index >= 15 is 0 Å². The van der Waals surface area contributed by atoms with Crippen LogP contribution in [0.3, 0.4) is 0 Å². The quantitative estimate of drug-likeness (QED) is 0.777. The lowest BCUT2D eigenvalue weighted by molar-refractivity contribution is 0.284. The molecule has 1 heterocycles. The summed E-state index contributed by atoms with van der Waals surface area (Å²) in [4.78, 5) is 6.37. The van der Waals surface area contributed by atoms with Gasteiger partial charge in [0.1, 0.15) is 5.15 Å². The van der Waals surface area contributed by atoms with Crippen molar-refractivity contribution in [2.75, 3.05) is 31.2 Å². The van der Waals surface area contributed by atoms with E-state index < -0.39 is 0 Å². The molecule has 5 heteroatoms. The van der Waals surface area contributed by atoms with Gasteiger partial charge in [-0.3, -0.25) is 0 Å². The average molecular weight is 243 g/mol. The van der Waals surface area contributed by atoms with Crippen LogP contribution in [-0.2, 0) is 0 Å². The van der Waals surface area contributed by atoms with E-state index in [4.69, 9.17) is 17.3 Å². The number of nitrogens with one attached hydrogen (secondary N) is 1. The Labute approximate surface area is 102 Å². The molecule has 0 aromatic carbocycles. The van der Waals surface area contributed by atoms with Gasteiger partial charge in [0.2, 0.25) is 0 Å². The second-order valence-electron chi connectivity index (χ2n) is 4.07. The van der Waals surface area contributed by atoms with Gasteiger partial charge < -0.3 is 16.0 Å². The highest BCUT2D eigenvalue weighted by molar-refractivity contribution is 6.29. The smallest absolute Gasteiger partial charge is 0.151 e. The van der Waals surface area contributed by atoms with Crippen LogP contribution in [0.2, 0.25) is 5.15 Å². The van der Waals surface area contributed by atoms with Crippen LogP contribution in [0.15, 0.2) is 12.1 Å². The summed E-state index contributed by atoms with van der Waals surface area (Å²) in [6.07, 6.45) is 0. The molecule has 0 radical (unpaired) electrons. The van der Waals surface area contributed by atoms with Gasteiger partial charge >= 0.3 is 0 Å². The summed E-state index contributed by atoms with van der Waals surface area (Å²) in [6, 6.07) is 3.97. The Kier molecular flexibility index (Phi) is 4.83. The third-order valence-electron chi connectivity index (χ3n) is 2.53. The topological polar surface area (TPSA) is 54.2 Å². The van der Waals surface area contributed by atoms with E-state index in [0.29, 0.717) is 22.7 Å². The molecule has 0 unspecified atom stereocenters. The fourth-order valence-electron chi connectivity index (χ4n) is 1.20. The number of halogens is 1. The molecule has 1 aromatic rings. The first kappa shape index (κ1) is 13.1. The molecule has 0 saturated heterocycles. The Morgan fingerprint density at radius 1 is 1.50 bits per heavy atom. The summed E-state index contributed by atoms with van der Waals surface area (Å²) in [7, 11) is 2.08. The second kappa shape index (κ2) is 5.92. The third-order valence-corrected chi connectivity index (χ3v) is 2.74. The maximum atomic E-state index is 5.79. The third kappa shape index (κ3) is 3.87. The molecule has 90 valence electrons. The van der Waals surface area contributed by atoms with E-state index in [1.54, 1.807) is 12.1 Å². The molecule has 0 saturated carbocycles. The SMILES string of the molecule is CC(C)N(C)CCNc1nc(Cl)ccc1N. The zero-order chi connectivity index (χ0) is 12.1. The number of likely N-dealkylation sites (N-methyl/N-ethyl adjacent to an activating group) is 1. The molecule has 16 heavy (non-hydrogen) atoms. The van der Waals surface area contributed by atoms with Crippen molar-refractivity contribution >= 4 is 23.1 Å².